The molecule has 3 nitrogen and oxygen atoms in total. The largest absolute Gasteiger partial charge is 0.292 e. The molecule has 1 aliphatic heterocycles. The van der Waals surface area contributed by atoms with E-state index in [1.807, 2.05) is 6.92 Å². The zero-order chi connectivity index (χ0) is 8.43. The molecule has 0 aromatic rings. The SMILES string of the molecule is C=C1C(=O)NC(=O)C1CCC. The highest BCUT2D eigenvalue weighted by Crippen LogP contribution is 2.20. The van der Waals surface area contributed by atoms with E-state index in [9.17, 15) is 9.59 Å². The Balaban J connectivity index is 2.71. The lowest BCUT2D eigenvalue weighted by Gasteiger charge is -2.02. The van der Waals surface area contributed by atoms with Gasteiger partial charge in [-0.15, -0.1) is 0 Å². The molecular weight excluding hydrogens is 142 g/mol. The molecule has 1 N–H and O–H groups in total. The first kappa shape index (κ1) is 7.98. The van der Waals surface area contributed by atoms with Crippen LogP contribution in [0, 0.1) is 5.92 Å². The van der Waals surface area contributed by atoms with E-state index in [-0.39, 0.29) is 17.7 Å². The van der Waals surface area contributed by atoms with Crippen LogP contribution in [-0.2, 0) is 9.59 Å². The number of amides is 2. The third kappa shape index (κ3) is 1.31. The van der Waals surface area contributed by atoms with Gasteiger partial charge in [0.05, 0.1) is 5.92 Å². The first-order valence-corrected chi connectivity index (χ1v) is 3.70. The number of carbonyl (C=O) groups excluding carboxylic acids is 2. The molecule has 0 saturated carbocycles. The molecule has 1 atom stereocenters. The van der Waals surface area contributed by atoms with Gasteiger partial charge in [0.2, 0.25) is 5.91 Å². The third-order valence-corrected chi connectivity index (χ3v) is 1.84. The highest BCUT2D eigenvalue weighted by Gasteiger charge is 2.33. The standard InChI is InChI=1S/C8H11NO2/c1-3-4-6-5(2)7(10)9-8(6)11/h6H,2-4H2,1H3,(H,9,10,11). The molecule has 1 unspecified atom stereocenters. The van der Waals surface area contributed by atoms with Crippen LogP contribution in [0.4, 0.5) is 0 Å². The van der Waals surface area contributed by atoms with Crippen molar-refractivity contribution in [2.45, 2.75) is 19.8 Å². The molecule has 3 heteroatoms. The Hall–Kier alpha value is -1.12. The minimum atomic E-state index is -0.312. The molecule has 1 rings (SSSR count). The fourth-order valence-corrected chi connectivity index (χ4v) is 1.19. The zero-order valence-corrected chi connectivity index (χ0v) is 6.52. The number of carbonyl (C=O) groups is 2. The van der Waals surface area contributed by atoms with Crippen LogP contribution in [0.3, 0.4) is 0 Å². The molecule has 0 bridgehead atoms. The van der Waals surface area contributed by atoms with E-state index in [1.54, 1.807) is 0 Å². The van der Waals surface area contributed by atoms with Crippen molar-refractivity contribution in [1.82, 2.24) is 5.32 Å². The molecule has 1 saturated heterocycles. The van der Waals surface area contributed by atoms with E-state index in [1.165, 1.54) is 0 Å². The van der Waals surface area contributed by atoms with Crippen LogP contribution >= 0.6 is 0 Å². The molecule has 0 aromatic carbocycles. The van der Waals surface area contributed by atoms with Crippen LogP contribution in [0.2, 0.25) is 0 Å². The summed E-state index contributed by atoms with van der Waals surface area (Å²) in [5.74, 6) is -0.775. The Morgan fingerprint density at radius 2 is 2.18 bits per heavy atom. The Kier molecular flexibility index (Phi) is 2.08. The molecule has 1 aliphatic rings. The van der Waals surface area contributed by atoms with Gasteiger partial charge < -0.3 is 0 Å². The number of nitrogens with one attached hydrogen (secondary N) is 1. The Morgan fingerprint density at radius 3 is 2.55 bits per heavy atom. The minimum Gasteiger partial charge on any atom is -0.292 e. The average molecular weight is 153 g/mol. The van der Waals surface area contributed by atoms with Crippen LogP contribution in [0.15, 0.2) is 12.2 Å². The first-order chi connectivity index (χ1) is 5.16. The number of rotatable bonds is 2. The van der Waals surface area contributed by atoms with Gasteiger partial charge in [0, 0.05) is 5.57 Å². The summed E-state index contributed by atoms with van der Waals surface area (Å²) in [6.45, 7) is 5.53. The summed E-state index contributed by atoms with van der Waals surface area (Å²) in [4.78, 5) is 21.8. The summed E-state index contributed by atoms with van der Waals surface area (Å²) in [5, 5.41) is 2.22. The van der Waals surface area contributed by atoms with E-state index >= 15 is 0 Å². The lowest BCUT2D eigenvalue weighted by Crippen LogP contribution is -2.21. The second-order valence-electron chi connectivity index (χ2n) is 2.68. The van der Waals surface area contributed by atoms with E-state index in [0.717, 1.165) is 12.8 Å². The van der Waals surface area contributed by atoms with Gasteiger partial charge in [-0.25, -0.2) is 0 Å². The van der Waals surface area contributed by atoms with Crippen molar-refractivity contribution in [3.8, 4) is 0 Å². The highest BCUT2D eigenvalue weighted by molar-refractivity contribution is 6.14. The van der Waals surface area contributed by atoms with Crippen molar-refractivity contribution in [2.75, 3.05) is 0 Å². The highest BCUT2D eigenvalue weighted by atomic mass is 16.2. The maximum atomic E-state index is 11.0. The van der Waals surface area contributed by atoms with Crippen molar-refractivity contribution in [3.05, 3.63) is 12.2 Å². The number of hydrogen-bond acceptors (Lipinski definition) is 2. The van der Waals surface area contributed by atoms with Gasteiger partial charge in [0.25, 0.3) is 5.91 Å². The van der Waals surface area contributed by atoms with Crippen molar-refractivity contribution in [1.29, 1.82) is 0 Å². The van der Waals surface area contributed by atoms with Crippen molar-refractivity contribution >= 4 is 11.8 Å². The third-order valence-electron chi connectivity index (χ3n) is 1.84. The van der Waals surface area contributed by atoms with Gasteiger partial charge >= 0.3 is 0 Å². The molecule has 2 amide bonds. The van der Waals surface area contributed by atoms with Crippen molar-refractivity contribution in [2.24, 2.45) is 5.92 Å². The van der Waals surface area contributed by atoms with Crippen LogP contribution in [0.1, 0.15) is 19.8 Å². The van der Waals surface area contributed by atoms with E-state index < -0.39 is 0 Å². The molecule has 1 heterocycles. The zero-order valence-electron chi connectivity index (χ0n) is 6.52. The summed E-state index contributed by atoms with van der Waals surface area (Å²) < 4.78 is 0. The quantitative estimate of drug-likeness (QED) is 0.467. The summed E-state index contributed by atoms with van der Waals surface area (Å²) in [5.41, 5.74) is 0.414. The van der Waals surface area contributed by atoms with Gasteiger partial charge in [0.1, 0.15) is 0 Å². The number of imide groups is 1. The first-order valence-electron chi connectivity index (χ1n) is 3.70. The van der Waals surface area contributed by atoms with Crippen molar-refractivity contribution < 1.29 is 9.59 Å². The molecule has 0 aromatic heterocycles. The number of hydrogen-bond donors (Lipinski definition) is 1. The van der Waals surface area contributed by atoms with E-state index in [4.69, 9.17) is 0 Å². The molecule has 0 radical (unpaired) electrons. The van der Waals surface area contributed by atoms with E-state index in [2.05, 4.69) is 11.9 Å². The summed E-state index contributed by atoms with van der Waals surface area (Å²) in [6, 6.07) is 0. The second-order valence-corrected chi connectivity index (χ2v) is 2.68. The molecule has 60 valence electrons. The van der Waals surface area contributed by atoms with Gasteiger partial charge in [-0.1, -0.05) is 19.9 Å². The lowest BCUT2D eigenvalue weighted by atomic mass is 9.98. The maximum Gasteiger partial charge on any atom is 0.253 e. The summed E-state index contributed by atoms with van der Waals surface area (Å²) in [6.07, 6.45) is 1.61. The van der Waals surface area contributed by atoms with Crippen LogP contribution in [0.5, 0.6) is 0 Å². The van der Waals surface area contributed by atoms with Gasteiger partial charge in [-0.05, 0) is 6.42 Å². The Bertz CT molecular complexity index is 220. The fraction of sp³-hybridized carbons (Fsp3) is 0.500. The normalized spacial score (nSPS) is 24.1. The molecule has 0 aliphatic carbocycles. The minimum absolute atomic E-state index is 0.193. The molecule has 0 spiro atoms. The monoisotopic (exact) mass is 153 g/mol. The molecular formula is C8H11NO2. The predicted octanol–water partition coefficient (Wildman–Crippen LogP) is 0.615. The topological polar surface area (TPSA) is 46.2 Å². The summed E-state index contributed by atoms with van der Waals surface area (Å²) >= 11 is 0. The summed E-state index contributed by atoms with van der Waals surface area (Å²) in [7, 11) is 0. The molecule has 1 fully saturated rings. The Labute approximate surface area is 65.5 Å². The van der Waals surface area contributed by atoms with E-state index in [0.29, 0.717) is 5.57 Å². The lowest BCUT2D eigenvalue weighted by molar-refractivity contribution is -0.125. The van der Waals surface area contributed by atoms with Crippen LogP contribution in [0.25, 0.3) is 0 Å². The van der Waals surface area contributed by atoms with Crippen LogP contribution < -0.4 is 5.32 Å². The van der Waals surface area contributed by atoms with Gasteiger partial charge in [0.15, 0.2) is 0 Å². The smallest absolute Gasteiger partial charge is 0.253 e. The Morgan fingerprint density at radius 1 is 1.55 bits per heavy atom. The maximum absolute atomic E-state index is 11.0. The van der Waals surface area contributed by atoms with Crippen molar-refractivity contribution in [3.63, 3.8) is 0 Å². The van der Waals surface area contributed by atoms with Gasteiger partial charge in [-0.2, -0.15) is 0 Å². The second kappa shape index (κ2) is 2.86. The molecule has 11 heavy (non-hydrogen) atoms. The fourth-order valence-electron chi connectivity index (χ4n) is 1.19. The predicted molar refractivity (Wildman–Crippen MR) is 40.7 cm³/mol. The van der Waals surface area contributed by atoms with Gasteiger partial charge in [-0.3, -0.25) is 14.9 Å². The van der Waals surface area contributed by atoms with Crippen LogP contribution in [-0.4, -0.2) is 11.8 Å². The average Bonchev–Trinajstić information content (AvgIpc) is 2.17.